The summed E-state index contributed by atoms with van der Waals surface area (Å²) in [7, 11) is 0. The fraction of sp³-hybridized carbons (Fsp3) is 0.273. The largest absolute Gasteiger partial charge is 0.460 e. The van der Waals surface area contributed by atoms with Gasteiger partial charge in [-0.3, -0.25) is 0 Å². The van der Waals surface area contributed by atoms with Gasteiger partial charge in [-0.05, 0) is 36.2 Å². The van der Waals surface area contributed by atoms with Gasteiger partial charge in [-0.15, -0.1) is 12.4 Å². The van der Waals surface area contributed by atoms with Crippen LogP contribution in [-0.4, -0.2) is 0 Å². The molecule has 6 heteroatoms. The van der Waals surface area contributed by atoms with Crippen molar-refractivity contribution in [3.63, 3.8) is 0 Å². The normalized spacial score (nSPS) is 12.4. The number of furan rings is 1. The molecule has 1 N–H and O–H groups in total. The second-order valence-electron chi connectivity index (χ2n) is 6.48. The molecule has 28 heavy (non-hydrogen) atoms. The van der Waals surface area contributed by atoms with Crippen molar-refractivity contribution in [2.24, 2.45) is 0 Å². The van der Waals surface area contributed by atoms with Crippen LogP contribution in [0.3, 0.4) is 0 Å². The molecule has 0 aliphatic rings. The summed E-state index contributed by atoms with van der Waals surface area (Å²) in [5, 5.41) is 3.48. The summed E-state index contributed by atoms with van der Waals surface area (Å²) in [6.07, 6.45) is -2.33. The van der Waals surface area contributed by atoms with Crippen molar-refractivity contribution in [1.29, 1.82) is 0 Å². The third kappa shape index (κ3) is 5.63. The lowest BCUT2D eigenvalue weighted by Gasteiger charge is -2.18. The van der Waals surface area contributed by atoms with Crippen molar-refractivity contribution in [2.75, 3.05) is 0 Å². The Labute approximate surface area is 169 Å². The minimum Gasteiger partial charge on any atom is -0.460 e. The van der Waals surface area contributed by atoms with E-state index in [1.807, 2.05) is 18.2 Å². The number of alkyl halides is 3. The zero-order valence-electron chi connectivity index (χ0n) is 15.5. The van der Waals surface area contributed by atoms with E-state index >= 15 is 0 Å². The Bertz CT molecular complexity index is 861. The van der Waals surface area contributed by atoms with Gasteiger partial charge in [-0.2, -0.15) is 13.2 Å². The third-order valence-corrected chi connectivity index (χ3v) is 4.44. The van der Waals surface area contributed by atoms with Crippen LogP contribution in [0.15, 0.2) is 71.1 Å². The maximum Gasteiger partial charge on any atom is 0.416 e. The number of hydrogen-bond acceptors (Lipinski definition) is 2. The molecule has 0 fully saturated rings. The van der Waals surface area contributed by atoms with E-state index in [1.54, 1.807) is 18.2 Å². The fourth-order valence-corrected chi connectivity index (χ4v) is 3.06. The molecule has 3 rings (SSSR count). The quantitative estimate of drug-likeness (QED) is 0.453. The molecule has 0 spiro atoms. The standard InChI is InChI=1S/C22H22F3NO.ClH/c1-2-7-20(16-8-4-3-5-9-16)26-15-19-12-13-21(27-19)17-10-6-11-18(14-17)22(23,24)25;/h3-6,8-14,20,26H,2,7,15H2,1H3;1H. The first kappa shape index (κ1) is 22.1. The molecule has 2 aromatic carbocycles. The average Bonchev–Trinajstić information content (AvgIpc) is 3.14. The van der Waals surface area contributed by atoms with Gasteiger partial charge in [0.05, 0.1) is 12.1 Å². The van der Waals surface area contributed by atoms with Gasteiger partial charge in [0.2, 0.25) is 0 Å². The van der Waals surface area contributed by atoms with Crippen LogP contribution in [0.5, 0.6) is 0 Å². The van der Waals surface area contributed by atoms with E-state index < -0.39 is 11.7 Å². The van der Waals surface area contributed by atoms with Gasteiger partial charge < -0.3 is 9.73 Å². The molecule has 1 atom stereocenters. The van der Waals surface area contributed by atoms with Crippen LogP contribution in [0.4, 0.5) is 13.2 Å². The lowest BCUT2D eigenvalue weighted by Crippen LogP contribution is -2.20. The molecule has 1 aromatic heterocycles. The molecular formula is C22H23ClF3NO. The van der Waals surface area contributed by atoms with Crippen molar-refractivity contribution in [2.45, 2.75) is 38.5 Å². The van der Waals surface area contributed by atoms with Gasteiger partial charge in [0.15, 0.2) is 0 Å². The van der Waals surface area contributed by atoms with Crippen molar-refractivity contribution >= 4 is 12.4 Å². The molecule has 0 radical (unpaired) electrons. The second kappa shape index (κ2) is 9.80. The highest BCUT2D eigenvalue weighted by Gasteiger charge is 2.30. The van der Waals surface area contributed by atoms with Gasteiger partial charge in [0.25, 0.3) is 0 Å². The van der Waals surface area contributed by atoms with E-state index in [1.165, 1.54) is 11.6 Å². The number of halogens is 4. The minimum atomic E-state index is -4.37. The number of benzene rings is 2. The zero-order valence-corrected chi connectivity index (χ0v) is 16.3. The summed E-state index contributed by atoms with van der Waals surface area (Å²) in [5.41, 5.74) is 0.955. The summed E-state index contributed by atoms with van der Waals surface area (Å²) < 4.78 is 44.4. The van der Waals surface area contributed by atoms with Crippen LogP contribution in [0, 0.1) is 0 Å². The molecule has 150 valence electrons. The summed E-state index contributed by atoms with van der Waals surface area (Å²) in [6.45, 7) is 2.65. The van der Waals surface area contributed by atoms with E-state index in [2.05, 4.69) is 24.4 Å². The monoisotopic (exact) mass is 409 g/mol. The smallest absolute Gasteiger partial charge is 0.416 e. The van der Waals surface area contributed by atoms with E-state index in [0.717, 1.165) is 25.0 Å². The molecule has 0 saturated heterocycles. The van der Waals surface area contributed by atoms with Crippen LogP contribution in [-0.2, 0) is 12.7 Å². The Morgan fingerprint density at radius 1 is 0.964 bits per heavy atom. The van der Waals surface area contributed by atoms with Crippen LogP contribution in [0.25, 0.3) is 11.3 Å². The SMILES string of the molecule is CCCC(NCc1ccc(-c2cccc(C(F)(F)F)c2)o1)c1ccccc1.Cl. The Morgan fingerprint density at radius 2 is 1.71 bits per heavy atom. The second-order valence-corrected chi connectivity index (χ2v) is 6.48. The van der Waals surface area contributed by atoms with Crippen molar-refractivity contribution in [3.8, 4) is 11.3 Å². The lowest BCUT2D eigenvalue weighted by molar-refractivity contribution is -0.137. The fourth-order valence-electron chi connectivity index (χ4n) is 3.06. The lowest BCUT2D eigenvalue weighted by atomic mass is 10.0. The number of nitrogens with one attached hydrogen (secondary N) is 1. The highest BCUT2D eigenvalue weighted by atomic mass is 35.5. The summed E-state index contributed by atoms with van der Waals surface area (Å²) in [4.78, 5) is 0. The summed E-state index contributed by atoms with van der Waals surface area (Å²) >= 11 is 0. The highest BCUT2D eigenvalue weighted by Crippen LogP contribution is 2.32. The van der Waals surface area contributed by atoms with Crippen molar-refractivity contribution in [1.82, 2.24) is 5.32 Å². The Hall–Kier alpha value is -2.24. The maximum atomic E-state index is 12.9. The van der Waals surface area contributed by atoms with Crippen LogP contribution < -0.4 is 5.32 Å². The first-order chi connectivity index (χ1) is 13.0. The summed E-state index contributed by atoms with van der Waals surface area (Å²) in [6, 6.07) is 19.1. The Balaban J connectivity index is 0.00000280. The Morgan fingerprint density at radius 3 is 2.39 bits per heavy atom. The average molecular weight is 410 g/mol. The van der Waals surface area contributed by atoms with E-state index in [4.69, 9.17) is 4.42 Å². The molecule has 0 amide bonds. The Kier molecular flexibility index (Phi) is 7.72. The molecule has 3 aromatic rings. The van der Waals surface area contributed by atoms with Crippen molar-refractivity contribution in [3.05, 3.63) is 83.6 Å². The molecule has 0 saturated carbocycles. The summed E-state index contributed by atoms with van der Waals surface area (Å²) in [5.74, 6) is 1.13. The van der Waals surface area contributed by atoms with Gasteiger partial charge >= 0.3 is 6.18 Å². The molecule has 1 unspecified atom stereocenters. The van der Waals surface area contributed by atoms with Crippen molar-refractivity contribution < 1.29 is 17.6 Å². The number of hydrogen-bond donors (Lipinski definition) is 1. The van der Waals surface area contributed by atoms with E-state index in [0.29, 0.717) is 23.6 Å². The van der Waals surface area contributed by atoms with Gasteiger partial charge in [0, 0.05) is 11.6 Å². The van der Waals surface area contributed by atoms with Crippen LogP contribution >= 0.6 is 12.4 Å². The number of rotatable bonds is 7. The van der Waals surface area contributed by atoms with Gasteiger partial charge in [-0.25, -0.2) is 0 Å². The predicted molar refractivity (Wildman–Crippen MR) is 107 cm³/mol. The molecule has 1 heterocycles. The topological polar surface area (TPSA) is 25.2 Å². The first-order valence-electron chi connectivity index (χ1n) is 9.02. The third-order valence-electron chi connectivity index (χ3n) is 4.44. The van der Waals surface area contributed by atoms with Gasteiger partial charge in [-0.1, -0.05) is 55.8 Å². The van der Waals surface area contributed by atoms with E-state index in [9.17, 15) is 13.2 Å². The van der Waals surface area contributed by atoms with Crippen LogP contribution in [0.2, 0.25) is 0 Å². The molecule has 0 aliphatic heterocycles. The molecule has 0 bridgehead atoms. The molecule has 0 aliphatic carbocycles. The van der Waals surface area contributed by atoms with Crippen LogP contribution in [0.1, 0.15) is 42.7 Å². The van der Waals surface area contributed by atoms with Gasteiger partial charge in [0.1, 0.15) is 11.5 Å². The minimum absolute atomic E-state index is 0. The predicted octanol–water partition coefficient (Wildman–Crippen LogP) is 7.02. The molecule has 2 nitrogen and oxygen atoms in total. The van der Waals surface area contributed by atoms with E-state index in [-0.39, 0.29) is 18.4 Å². The first-order valence-corrected chi connectivity index (χ1v) is 9.02. The highest BCUT2D eigenvalue weighted by molar-refractivity contribution is 5.85. The maximum absolute atomic E-state index is 12.9. The molecular weight excluding hydrogens is 387 g/mol. The zero-order chi connectivity index (χ0) is 19.3.